The van der Waals surface area contributed by atoms with Crippen LogP contribution in [0, 0.1) is 5.92 Å². The van der Waals surface area contributed by atoms with Gasteiger partial charge in [0, 0.05) is 12.1 Å². The molecular weight excluding hydrogens is 314 g/mol. The Bertz CT molecular complexity index is 755. The van der Waals surface area contributed by atoms with Gasteiger partial charge in [0.2, 0.25) is 6.10 Å². The van der Waals surface area contributed by atoms with Crippen LogP contribution in [0.3, 0.4) is 0 Å². The van der Waals surface area contributed by atoms with E-state index in [0.29, 0.717) is 18.0 Å². The first-order chi connectivity index (χ1) is 12.1. The van der Waals surface area contributed by atoms with E-state index < -0.39 is 12.1 Å². The number of esters is 1. The number of amides is 1. The van der Waals surface area contributed by atoms with E-state index in [1.807, 2.05) is 30.3 Å². The number of ether oxygens (including phenoxy) is 1. The quantitative estimate of drug-likeness (QED) is 0.736. The molecule has 1 heterocycles. The molecule has 0 radical (unpaired) electrons. The zero-order valence-corrected chi connectivity index (χ0v) is 14.6. The number of hydrogen-bond acceptors (Lipinski definition) is 3. The second-order valence-corrected chi connectivity index (χ2v) is 6.74. The van der Waals surface area contributed by atoms with Crippen LogP contribution in [0.1, 0.15) is 48.7 Å². The molecule has 1 aliphatic rings. The molecule has 1 unspecified atom stereocenters. The summed E-state index contributed by atoms with van der Waals surface area (Å²) >= 11 is 0. The van der Waals surface area contributed by atoms with Crippen LogP contribution in [0.4, 0.5) is 5.69 Å². The van der Waals surface area contributed by atoms with Crippen LogP contribution in [0.5, 0.6) is 0 Å². The van der Waals surface area contributed by atoms with Crippen molar-refractivity contribution < 1.29 is 14.3 Å². The Kier molecular flexibility index (Phi) is 5.17. The highest BCUT2D eigenvalue weighted by atomic mass is 16.5. The standard InChI is InChI=1S/C21H23NO3/c1-15(2)9-8-14-22-18-13-7-6-12-17(18)19(20(22)23)25-21(24)16-10-4-3-5-11-16/h3-7,10-13,15,19H,8-9,14H2,1-2H3. The van der Waals surface area contributed by atoms with Gasteiger partial charge in [-0.15, -0.1) is 0 Å². The van der Waals surface area contributed by atoms with Crippen molar-refractivity contribution in [1.29, 1.82) is 0 Å². The van der Waals surface area contributed by atoms with Gasteiger partial charge in [0.1, 0.15) is 0 Å². The summed E-state index contributed by atoms with van der Waals surface area (Å²) in [4.78, 5) is 27.0. The summed E-state index contributed by atoms with van der Waals surface area (Å²) in [6, 6.07) is 16.3. The summed E-state index contributed by atoms with van der Waals surface area (Å²) in [6.45, 7) is 4.99. The fourth-order valence-corrected chi connectivity index (χ4v) is 3.10. The minimum atomic E-state index is -0.858. The fourth-order valence-electron chi connectivity index (χ4n) is 3.10. The molecule has 1 aliphatic heterocycles. The first kappa shape index (κ1) is 17.2. The summed E-state index contributed by atoms with van der Waals surface area (Å²) in [5.41, 5.74) is 2.06. The molecule has 0 spiro atoms. The second kappa shape index (κ2) is 7.51. The van der Waals surface area contributed by atoms with Crippen LogP contribution in [0.15, 0.2) is 54.6 Å². The summed E-state index contributed by atoms with van der Waals surface area (Å²) < 4.78 is 5.56. The zero-order chi connectivity index (χ0) is 17.8. The van der Waals surface area contributed by atoms with Gasteiger partial charge in [-0.25, -0.2) is 4.79 Å². The van der Waals surface area contributed by atoms with Gasteiger partial charge in [0.05, 0.1) is 11.3 Å². The van der Waals surface area contributed by atoms with Crippen molar-refractivity contribution >= 4 is 17.6 Å². The molecule has 1 amide bonds. The summed E-state index contributed by atoms with van der Waals surface area (Å²) in [5.74, 6) is -0.0355. The molecule has 0 fully saturated rings. The zero-order valence-electron chi connectivity index (χ0n) is 14.6. The fraction of sp³-hybridized carbons (Fsp3) is 0.333. The van der Waals surface area contributed by atoms with Gasteiger partial charge in [-0.05, 0) is 37.0 Å². The van der Waals surface area contributed by atoms with E-state index in [4.69, 9.17) is 4.74 Å². The third-order valence-corrected chi connectivity index (χ3v) is 4.40. The van der Waals surface area contributed by atoms with E-state index in [-0.39, 0.29) is 5.91 Å². The van der Waals surface area contributed by atoms with Gasteiger partial charge < -0.3 is 9.64 Å². The van der Waals surface area contributed by atoms with Crippen LogP contribution < -0.4 is 4.90 Å². The van der Waals surface area contributed by atoms with Crippen molar-refractivity contribution in [3.8, 4) is 0 Å². The van der Waals surface area contributed by atoms with Crippen LogP contribution >= 0.6 is 0 Å². The second-order valence-electron chi connectivity index (χ2n) is 6.74. The van der Waals surface area contributed by atoms with Gasteiger partial charge in [-0.1, -0.05) is 50.2 Å². The van der Waals surface area contributed by atoms with Crippen LogP contribution in [0.2, 0.25) is 0 Å². The summed E-state index contributed by atoms with van der Waals surface area (Å²) in [7, 11) is 0. The number of carbonyl (C=O) groups excluding carboxylic acids is 2. The minimum Gasteiger partial charge on any atom is -0.444 e. The number of nitrogens with zero attached hydrogens (tertiary/aromatic N) is 1. The maximum atomic E-state index is 12.9. The predicted octanol–water partition coefficient (Wildman–Crippen LogP) is 4.37. The smallest absolute Gasteiger partial charge is 0.339 e. The van der Waals surface area contributed by atoms with Crippen LogP contribution in [-0.2, 0) is 9.53 Å². The lowest BCUT2D eigenvalue weighted by molar-refractivity contribution is -0.126. The maximum absolute atomic E-state index is 12.9. The molecule has 0 aromatic heterocycles. The summed E-state index contributed by atoms with van der Waals surface area (Å²) in [6.07, 6.45) is 1.13. The Balaban J connectivity index is 1.78. The molecule has 0 bridgehead atoms. The number of benzene rings is 2. The van der Waals surface area contributed by atoms with E-state index in [1.54, 1.807) is 29.2 Å². The van der Waals surface area contributed by atoms with Crippen LogP contribution in [-0.4, -0.2) is 18.4 Å². The van der Waals surface area contributed by atoms with Crippen molar-refractivity contribution in [3.05, 3.63) is 65.7 Å². The third-order valence-electron chi connectivity index (χ3n) is 4.40. The van der Waals surface area contributed by atoms with Gasteiger partial charge in [-0.3, -0.25) is 4.79 Å². The van der Waals surface area contributed by atoms with Crippen molar-refractivity contribution in [2.45, 2.75) is 32.8 Å². The molecule has 3 rings (SSSR count). The molecule has 1 atom stereocenters. The lowest BCUT2D eigenvalue weighted by Crippen LogP contribution is -2.31. The highest BCUT2D eigenvalue weighted by Crippen LogP contribution is 2.38. The third kappa shape index (κ3) is 3.73. The Morgan fingerprint density at radius 3 is 2.48 bits per heavy atom. The topological polar surface area (TPSA) is 46.6 Å². The molecular formula is C21H23NO3. The lowest BCUT2D eigenvalue weighted by Gasteiger charge is -2.18. The number of rotatable bonds is 6. The molecule has 2 aromatic rings. The Morgan fingerprint density at radius 1 is 1.08 bits per heavy atom. The average Bonchev–Trinajstić information content (AvgIpc) is 2.88. The molecule has 0 saturated heterocycles. The Morgan fingerprint density at radius 2 is 1.76 bits per heavy atom. The van der Waals surface area contributed by atoms with E-state index in [0.717, 1.165) is 24.1 Å². The molecule has 4 nitrogen and oxygen atoms in total. The first-order valence-electron chi connectivity index (χ1n) is 8.74. The lowest BCUT2D eigenvalue weighted by atomic mass is 10.1. The van der Waals surface area contributed by atoms with Crippen molar-refractivity contribution in [1.82, 2.24) is 0 Å². The van der Waals surface area contributed by atoms with Crippen molar-refractivity contribution in [3.63, 3.8) is 0 Å². The molecule has 25 heavy (non-hydrogen) atoms. The van der Waals surface area contributed by atoms with Gasteiger partial charge >= 0.3 is 5.97 Å². The first-order valence-corrected chi connectivity index (χ1v) is 8.74. The molecule has 0 saturated carbocycles. The number of para-hydroxylation sites is 1. The van der Waals surface area contributed by atoms with Gasteiger partial charge in [0.15, 0.2) is 0 Å². The van der Waals surface area contributed by atoms with E-state index in [9.17, 15) is 9.59 Å². The normalized spacial score (nSPS) is 16.2. The Hall–Kier alpha value is -2.62. The highest BCUT2D eigenvalue weighted by Gasteiger charge is 2.39. The monoisotopic (exact) mass is 337 g/mol. The molecule has 0 N–H and O–H groups in total. The maximum Gasteiger partial charge on any atom is 0.339 e. The summed E-state index contributed by atoms with van der Waals surface area (Å²) in [5, 5.41) is 0. The molecule has 2 aromatic carbocycles. The van der Waals surface area contributed by atoms with Gasteiger partial charge in [0.25, 0.3) is 5.91 Å². The number of carbonyl (C=O) groups is 2. The number of anilines is 1. The van der Waals surface area contributed by atoms with E-state index in [1.165, 1.54) is 0 Å². The van der Waals surface area contributed by atoms with Crippen molar-refractivity contribution in [2.75, 3.05) is 11.4 Å². The highest BCUT2D eigenvalue weighted by molar-refractivity contribution is 6.05. The average molecular weight is 337 g/mol. The minimum absolute atomic E-state index is 0.158. The number of hydrogen-bond donors (Lipinski definition) is 0. The predicted molar refractivity (Wildman–Crippen MR) is 97.5 cm³/mol. The van der Waals surface area contributed by atoms with E-state index >= 15 is 0 Å². The van der Waals surface area contributed by atoms with Crippen LogP contribution in [0.25, 0.3) is 0 Å². The molecule has 4 heteroatoms. The largest absolute Gasteiger partial charge is 0.444 e. The SMILES string of the molecule is CC(C)CCCN1C(=O)C(OC(=O)c2ccccc2)c2ccccc21. The van der Waals surface area contributed by atoms with Gasteiger partial charge in [-0.2, -0.15) is 0 Å². The molecule has 130 valence electrons. The molecule has 0 aliphatic carbocycles. The Labute approximate surface area is 148 Å². The number of fused-ring (bicyclic) bond motifs is 1. The van der Waals surface area contributed by atoms with Crippen molar-refractivity contribution in [2.24, 2.45) is 5.92 Å². The van der Waals surface area contributed by atoms with E-state index in [2.05, 4.69) is 13.8 Å².